The largest absolute Gasteiger partial charge is 0.480 e. The zero-order valence-corrected chi connectivity index (χ0v) is 10.7. The van der Waals surface area contributed by atoms with Crippen LogP contribution in [0.5, 0.6) is 0 Å². The Morgan fingerprint density at radius 1 is 1.39 bits per heavy atom. The summed E-state index contributed by atoms with van der Waals surface area (Å²) in [4.78, 5) is 13.0. The summed E-state index contributed by atoms with van der Waals surface area (Å²) in [6, 6.07) is 9.49. The number of rotatable bonds is 3. The number of hydrogen-bond acceptors (Lipinski definition) is 3. The molecule has 1 fully saturated rings. The second kappa shape index (κ2) is 5.50. The van der Waals surface area contributed by atoms with Gasteiger partial charge in [-0.15, -0.1) is 0 Å². The first-order valence-electron chi connectivity index (χ1n) is 6.25. The van der Waals surface area contributed by atoms with E-state index in [1.165, 1.54) is 0 Å². The van der Waals surface area contributed by atoms with Crippen LogP contribution in [0, 0.1) is 0 Å². The van der Waals surface area contributed by atoms with Crippen LogP contribution < -0.4 is 0 Å². The number of carboxylic acid groups (broad SMARTS) is 1. The second-order valence-corrected chi connectivity index (χ2v) is 4.81. The molecular formula is C14H19NO3. The highest BCUT2D eigenvalue weighted by Gasteiger charge is 2.31. The molecule has 1 aromatic rings. The zero-order valence-electron chi connectivity index (χ0n) is 10.7. The molecule has 0 unspecified atom stereocenters. The van der Waals surface area contributed by atoms with Gasteiger partial charge in [-0.25, -0.2) is 0 Å². The maximum atomic E-state index is 11.1. The van der Waals surface area contributed by atoms with E-state index in [1.807, 2.05) is 42.2 Å². The van der Waals surface area contributed by atoms with Crippen LogP contribution in [0.25, 0.3) is 0 Å². The molecule has 18 heavy (non-hydrogen) atoms. The van der Waals surface area contributed by atoms with Crippen molar-refractivity contribution >= 4 is 5.97 Å². The summed E-state index contributed by atoms with van der Waals surface area (Å²) in [5, 5.41) is 9.09. The van der Waals surface area contributed by atoms with Crippen LogP contribution in [0.15, 0.2) is 30.3 Å². The SMILES string of the molecule is C[C@@H]1CN([C@@H](C)C(=O)O)C[C@H](c2ccccc2)O1. The van der Waals surface area contributed by atoms with E-state index < -0.39 is 12.0 Å². The molecule has 1 aliphatic heterocycles. The number of benzene rings is 1. The predicted octanol–water partition coefficient (Wildman–Crippen LogP) is 1.92. The lowest BCUT2D eigenvalue weighted by atomic mass is 10.1. The summed E-state index contributed by atoms with van der Waals surface area (Å²) in [6.45, 7) is 5.00. The van der Waals surface area contributed by atoms with Crippen LogP contribution in [0.4, 0.5) is 0 Å². The Balaban J connectivity index is 2.12. The Morgan fingerprint density at radius 3 is 2.67 bits per heavy atom. The van der Waals surface area contributed by atoms with Crippen LogP contribution in [0.1, 0.15) is 25.5 Å². The Hall–Kier alpha value is -1.39. The normalized spacial score (nSPS) is 26.8. The molecule has 0 radical (unpaired) electrons. The number of hydrogen-bond donors (Lipinski definition) is 1. The van der Waals surface area contributed by atoms with Crippen LogP contribution in [-0.4, -0.2) is 41.2 Å². The van der Waals surface area contributed by atoms with Gasteiger partial charge < -0.3 is 9.84 Å². The van der Waals surface area contributed by atoms with Gasteiger partial charge in [0.15, 0.2) is 0 Å². The summed E-state index contributed by atoms with van der Waals surface area (Å²) in [7, 11) is 0. The van der Waals surface area contributed by atoms with Crippen LogP contribution in [0.3, 0.4) is 0 Å². The van der Waals surface area contributed by atoms with E-state index in [9.17, 15) is 4.79 Å². The van der Waals surface area contributed by atoms with Gasteiger partial charge in [0.2, 0.25) is 0 Å². The molecule has 0 saturated carbocycles. The Labute approximate surface area is 107 Å². The number of aliphatic carboxylic acids is 1. The van der Waals surface area contributed by atoms with Crippen molar-refractivity contribution in [3.05, 3.63) is 35.9 Å². The highest BCUT2D eigenvalue weighted by atomic mass is 16.5. The molecule has 1 heterocycles. The molecule has 1 aromatic carbocycles. The third-order valence-electron chi connectivity index (χ3n) is 3.36. The molecule has 1 N–H and O–H groups in total. The van der Waals surface area contributed by atoms with E-state index in [0.717, 1.165) is 5.56 Å². The van der Waals surface area contributed by atoms with E-state index in [1.54, 1.807) is 6.92 Å². The summed E-state index contributed by atoms with van der Waals surface area (Å²) in [5.74, 6) is -0.782. The first kappa shape index (κ1) is 13.1. The van der Waals surface area contributed by atoms with Gasteiger partial charge >= 0.3 is 5.97 Å². The molecule has 4 heteroatoms. The summed E-state index contributed by atoms with van der Waals surface area (Å²) in [5.41, 5.74) is 1.10. The van der Waals surface area contributed by atoms with Gasteiger partial charge in [0.1, 0.15) is 6.04 Å². The molecule has 0 aliphatic carbocycles. The van der Waals surface area contributed by atoms with Crippen LogP contribution >= 0.6 is 0 Å². The highest BCUT2D eigenvalue weighted by Crippen LogP contribution is 2.26. The summed E-state index contributed by atoms with van der Waals surface area (Å²) in [6.07, 6.45) is 0.00232. The Kier molecular flexibility index (Phi) is 3.99. The predicted molar refractivity (Wildman–Crippen MR) is 68.4 cm³/mol. The molecule has 3 atom stereocenters. The molecule has 0 spiro atoms. The maximum absolute atomic E-state index is 11.1. The lowest BCUT2D eigenvalue weighted by Crippen LogP contribution is -2.49. The van der Waals surface area contributed by atoms with Crippen molar-refractivity contribution in [3.63, 3.8) is 0 Å². The monoisotopic (exact) mass is 249 g/mol. The average Bonchev–Trinajstić information content (AvgIpc) is 2.38. The average molecular weight is 249 g/mol. The first-order valence-corrected chi connectivity index (χ1v) is 6.25. The zero-order chi connectivity index (χ0) is 13.1. The summed E-state index contributed by atoms with van der Waals surface area (Å²) < 4.78 is 5.90. The quantitative estimate of drug-likeness (QED) is 0.889. The molecule has 1 saturated heterocycles. The van der Waals surface area contributed by atoms with Crippen molar-refractivity contribution < 1.29 is 14.6 Å². The van der Waals surface area contributed by atoms with Crippen molar-refractivity contribution in [1.29, 1.82) is 0 Å². The van der Waals surface area contributed by atoms with Crippen molar-refractivity contribution in [2.45, 2.75) is 32.1 Å². The third kappa shape index (κ3) is 2.89. The Bertz CT molecular complexity index is 407. The number of nitrogens with zero attached hydrogens (tertiary/aromatic N) is 1. The number of carboxylic acids is 1. The fraction of sp³-hybridized carbons (Fsp3) is 0.500. The van der Waals surface area contributed by atoms with Crippen molar-refractivity contribution in [2.75, 3.05) is 13.1 Å². The fourth-order valence-electron chi connectivity index (χ4n) is 2.31. The minimum absolute atomic E-state index is 0.0447. The van der Waals surface area contributed by atoms with Gasteiger partial charge in [-0.2, -0.15) is 0 Å². The molecule has 98 valence electrons. The molecular weight excluding hydrogens is 230 g/mol. The summed E-state index contributed by atoms with van der Waals surface area (Å²) >= 11 is 0. The molecule has 0 amide bonds. The highest BCUT2D eigenvalue weighted by molar-refractivity contribution is 5.72. The van der Waals surface area contributed by atoms with E-state index in [4.69, 9.17) is 9.84 Å². The van der Waals surface area contributed by atoms with Crippen molar-refractivity contribution in [1.82, 2.24) is 4.90 Å². The molecule has 0 bridgehead atoms. The first-order chi connectivity index (χ1) is 8.58. The van der Waals surface area contributed by atoms with Gasteiger partial charge in [-0.1, -0.05) is 30.3 Å². The van der Waals surface area contributed by atoms with E-state index in [0.29, 0.717) is 13.1 Å². The molecule has 1 aliphatic rings. The van der Waals surface area contributed by atoms with E-state index >= 15 is 0 Å². The van der Waals surface area contributed by atoms with Gasteiger partial charge in [0.05, 0.1) is 12.2 Å². The maximum Gasteiger partial charge on any atom is 0.320 e. The van der Waals surface area contributed by atoms with E-state index in [-0.39, 0.29) is 12.2 Å². The molecule has 2 rings (SSSR count). The topological polar surface area (TPSA) is 49.8 Å². The standard InChI is InChI=1S/C14H19NO3/c1-10-8-15(11(2)14(16)17)9-13(18-10)12-6-4-3-5-7-12/h3-7,10-11,13H,8-9H2,1-2H3,(H,16,17)/t10-,11+,13-/m1/s1. The van der Waals surface area contributed by atoms with Crippen molar-refractivity contribution in [2.24, 2.45) is 0 Å². The van der Waals surface area contributed by atoms with Gasteiger partial charge in [-0.05, 0) is 19.4 Å². The second-order valence-electron chi connectivity index (χ2n) is 4.81. The number of carbonyl (C=O) groups is 1. The lowest BCUT2D eigenvalue weighted by molar-refractivity contribution is -0.148. The molecule has 4 nitrogen and oxygen atoms in total. The fourth-order valence-corrected chi connectivity index (χ4v) is 2.31. The minimum atomic E-state index is -0.782. The lowest BCUT2D eigenvalue weighted by Gasteiger charge is -2.38. The minimum Gasteiger partial charge on any atom is -0.480 e. The van der Waals surface area contributed by atoms with Gasteiger partial charge in [0, 0.05) is 13.1 Å². The smallest absolute Gasteiger partial charge is 0.320 e. The van der Waals surface area contributed by atoms with Gasteiger partial charge in [-0.3, -0.25) is 9.69 Å². The van der Waals surface area contributed by atoms with E-state index in [2.05, 4.69) is 0 Å². The van der Waals surface area contributed by atoms with Gasteiger partial charge in [0.25, 0.3) is 0 Å². The van der Waals surface area contributed by atoms with Crippen LogP contribution in [0.2, 0.25) is 0 Å². The Morgan fingerprint density at radius 2 is 2.06 bits per heavy atom. The van der Waals surface area contributed by atoms with Crippen LogP contribution in [-0.2, 0) is 9.53 Å². The number of morpholine rings is 1. The molecule has 0 aromatic heterocycles. The third-order valence-corrected chi connectivity index (χ3v) is 3.36. The number of ether oxygens (including phenoxy) is 1. The van der Waals surface area contributed by atoms with Crippen molar-refractivity contribution in [3.8, 4) is 0 Å².